The minimum Gasteiger partial charge on any atom is -0.478 e. The van der Waals surface area contributed by atoms with Gasteiger partial charge in [0.1, 0.15) is 6.61 Å². The summed E-state index contributed by atoms with van der Waals surface area (Å²) in [6.07, 6.45) is 0. The van der Waals surface area contributed by atoms with Gasteiger partial charge in [-0.05, 0) is 32.0 Å². The van der Waals surface area contributed by atoms with Crippen molar-refractivity contribution in [3.8, 4) is 0 Å². The second kappa shape index (κ2) is 12.1. The van der Waals surface area contributed by atoms with E-state index < -0.39 is 22.8 Å². The molecule has 1 heterocycles. The van der Waals surface area contributed by atoms with E-state index >= 15 is 0 Å². The molecule has 1 unspecified atom stereocenters. The van der Waals surface area contributed by atoms with Crippen LogP contribution in [0.15, 0.2) is 77.1 Å². The number of nitrogens with zero attached hydrogens (tertiary/aromatic N) is 2. The molecule has 0 spiro atoms. The number of nitrogens with one attached hydrogen (secondary N) is 1. The number of carboxylic acids is 1. The summed E-state index contributed by atoms with van der Waals surface area (Å²) >= 11 is 0. The molecule has 0 amide bonds. The second-order valence-corrected chi connectivity index (χ2v) is 8.15. The molecule has 2 aromatic rings. The van der Waals surface area contributed by atoms with Gasteiger partial charge in [0.05, 0.1) is 22.0 Å². The topological polar surface area (TPSA) is 122 Å². The van der Waals surface area contributed by atoms with Gasteiger partial charge in [0.2, 0.25) is 0 Å². The normalized spacial score (nSPS) is 15.4. The smallest absolute Gasteiger partial charge is 0.336 e. The molecule has 2 N–H and O–H groups in total. The van der Waals surface area contributed by atoms with Crippen LogP contribution in [-0.4, -0.2) is 47.1 Å². The third-order valence-corrected chi connectivity index (χ3v) is 5.63. The van der Waals surface area contributed by atoms with Crippen LogP contribution in [-0.2, 0) is 20.9 Å². The number of non-ortho nitro benzene ring substituents is 1. The number of halogens is 1. The number of likely N-dealkylation sites (N-methyl/N-ethyl adjacent to an activating group) is 1. The van der Waals surface area contributed by atoms with E-state index in [1.807, 2.05) is 42.3 Å². The lowest BCUT2D eigenvalue weighted by Gasteiger charge is -2.29. The highest BCUT2D eigenvalue weighted by atomic mass is 35.5. The van der Waals surface area contributed by atoms with E-state index in [2.05, 4.69) is 5.32 Å². The lowest BCUT2D eigenvalue weighted by atomic mass is 9.80. The van der Waals surface area contributed by atoms with E-state index in [-0.39, 0.29) is 35.8 Å². The number of aliphatic carboxylic acids is 1. The van der Waals surface area contributed by atoms with Crippen LogP contribution < -0.4 is 5.32 Å². The van der Waals surface area contributed by atoms with Crippen LogP contribution in [0, 0.1) is 10.1 Å². The minimum atomic E-state index is -1.22. The summed E-state index contributed by atoms with van der Waals surface area (Å²) in [6, 6.07) is 15.5. The number of nitro groups is 1. The average molecular weight is 502 g/mol. The highest BCUT2D eigenvalue weighted by Gasteiger charge is 2.37. The Balaban J connectivity index is 0.00000432. The van der Waals surface area contributed by atoms with Crippen molar-refractivity contribution in [1.82, 2.24) is 10.2 Å². The Hall–Kier alpha value is -3.69. The van der Waals surface area contributed by atoms with Crippen molar-refractivity contribution in [2.24, 2.45) is 0 Å². The zero-order chi connectivity index (χ0) is 24.8. The first-order valence-corrected chi connectivity index (χ1v) is 10.7. The van der Waals surface area contributed by atoms with E-state index in [1.165, 1.54) is 18.2 Å². The largest absolute Gasteiger partial charge is 0.478 e. The predicted molar refractivity (Wildman–Crippen MR) is 133 cm³/mol. The van der Waals surface area contributed by atoms with Crippen molar-refractivity contribution in [2.45, 2.75) is 26.3 Å². The summed E-state index contributed by atoms with van der Waals surface area (Å²) in [4.78, 5) is 38.0. The van der Waals surface area contributed by atoms with E-state index in [4.69, 9.17) is 4.74 Å². The number of esters is 1. The Morgan fingerprint density at radius 2 is 1.74 bits per heavy atom. The lowest BCUT2D eigenvalue weighted by Crippen LogP contribution is -2.32. The van der Waals surface area contributed by atoms with Gasteiger partial charge in [-0.2, -0.15) is 0 Å². The van der Waals surface area contributed by atoms with Crippen molar-refractivity contribution >= 4 is 30.0 Å². The van der Waals surface area contributed by atoms with Crippen molar-refractivity contribution in [3.63, 3.8) is 0 Å². The second-order valence-electron chi connectivity index (χ2n) is 8.15. The molecule has 0 aliphatic carbocycles. The van der Waals surface area contributed by atoms with E-state index in [9.17, 15) is 24.8 Å². The monoisotopic (exact) mass is 501 g/mol. The molecular weight excluding hydrogens is 474 g/mol. The molecule has 35 heavy (non-hydrogen) atoms. The average Bonchev–Trinajstić information content (AvgIpc) is 2.78. The molecule has 186 valence electrons. The molecule has 0 fully saturated rings. The summed E-state index contributed by atoms with van der Waals surface area (Å²) in [5.41, 5.74) is 2.14. The Kier molecular flexibility index (Phi) is 9.56. The zero-order valence-electron chi connectivity index (χ0n) is 19.7. The highest BCUT2D eigenvalue weighted by molar-refractivity contribution is 5.99. The summed E-state index contributed by atoms with van der Waals surface area (Å²) < 4.78 is 5.53. The Morgan fingerprint density at radius 3 is 2.37 bits per heavy atom. The van der Waals surface area contributed by atoms with Crippen LogP contribution in [0.1, 0.15) is 30.9 Å². The van der Waals surface area contributed by atoms with E-state index in [0.717, 1.165) is 5.56 Å². The summed E-state index contributed by atoms with van der Waals surface area (Å²) in [7, 11) is 1.91. The minimum absolute atomic E-state index is 0. The number of nitro benzene ring substituents is 1. The molecule has 0 radical (unpaired) electrons. The summed E-state index contributed by atoms with van der Waals surface area (Å²) in [5, 5.41) is 24.1. The SMILES string of the molecule is CC1=C(C(=O)O)C(c2cccc([N+](=O)[O-])c2)C(C(=O)OCCN(C)Cc2ccccc2)=C(C)N1.Cl. The van der Waals surface area contributed by atoms with Crippen LogP contribution >= 0.6 is 12.4 Å². The molecule has 1 atom stereocenters. The number of benzene rings is 2. The fraction of sp³-hybridized carbons (Fsp3) is 0.280. The van der Waals surface area contributed by atoms with Gasteiger partial charge in [-0.3, -0.25) is 15.0 Å². The Bertz CT molecular complexity index is 1160. The van der Waals surface area contributed by atoms with Crippen LogP contribution in [0.4, 0.5) is 5.69 Å². The van der Waals surface area contributed by atoms with Crippen LogP contribution in [0.3, 0.4) is 0 Å². The predicted octanol–water partition coefficient (Wildman–Crippen LogP) is 4.01. The number of hydrogen-bond acceptors (Lipinski definition) is 7. The Morgan fingerprint density at radius 1 is 1.09 bits per heavy atom. The fourth-order valence-electron chi connectivity index (χ4n) is 4.05. The first-order valence-electron chi connectivity index (χ1n) is 10.7. The first-order chi connectivity index (χ1) is 16.2. The van der Waals surface area contributed by atoms with Gasteiger partial charge in [0.15, 0.2) is 0 Å². The molecule has 1 aliphatic heterocycles. The van der Waals surface area contributed by atoms with Gasteiger partial charge in [-0.25, -0.2) is 9.59 Å². The van der Waals surface area contributed by atoms with E-state index in [1.54, 1.807) is 19.9 Å². The highest BCUT2D eigenvalue weighted by Crippen LogP contribution is 2.39. The van der Waals surface area contributed by atoms with Gasteiger partial charge in [-0.15, -0.1) is 12.4 Å². The molecular formula is C25H28ClN3O6. The molecule has 3 rings (SSSR count). The number of carbonyl (C=O) groups is 2. The van der Waals surface area contributed by atoms with Crippen molar-refractivity contribution < 1.29 is 24.4 Å². The molecule has 0 saturated carbocycles. The third kappa shape index (κ3) is 6.68. The molecule has 9 nitrogen and oxygen atoms in total. The number of dihydropyridines is 1. The zero-order valence-corrected chi connectivity index (χ0v) is 20.5. The number of carbonyl (C=O) groups excluding carboxylic acids is 1. The van der Waals surface area contributed by atoms with Gasteiger partial charge in [0, 0.05) is 36.6 Å². The standard InChI is InChI=1S/C25H27N3O6.ClH/c1-16-21(24(29)30)23(19-10-7-11-20(14-19)28(32)33)22(17(2)26-16)25(31)34-13-12-27(3)15-18-8-5-4-6-9-18;/h4-11,14,23,26H,12-13,15H2,1-3H3,(H,29,30);1H. The number of ether oxygens (including phenoxy) is 1. The summed E-state index contributed by atoms with van der Waals surface area (Å²) in [5.74, 6) is -2.89. The van der Waals surface area contributed by atoms with Crippen LogP contribution in [0.5, 0.6) is 0 Å². The lowest BCUT2D eigenvalue weighted by molar-refractivity contribution is -0.384. The first kappa shape index (κ1) is 27.6. The maximum Gasteiger partial charge on any atom is 0.336 e. The van der Waals surface area contributed by atoms with Gasteiger partial charge < -0.3 is 15.2 Å². The summed E-state index contributed by atoms with van der Waals surface area (Å²) in [6.45, 7) is 4.51. The van der Waals surface area contributed by atoms with Crippen LogP contribution in [0.2, 0.25) is 0 Å². The Labute approximate surface area is 209 Å². The molecule has 1 aliphatic rings. The van der Waals surface area contributed by atoms with Gasteiger partial charge in [-0.1, -0.05) is 42.5 Å². The molecule has 0 bridgehead atoms. The number of hydrogen-bond donors (Lipinski definition) is 2. The maximum atomic E-state index is 13.1. The molecule has 0 saturated heterocycles. The molecule has 0 aromatic heterocycles. The van der Waals surface area contributed by atoms with Crippen molar-refractivity contribution in [3.05, 3.63) is 98.4 Å². The molecule has 2 aromatic carbocycles. The van der Waals surface area contributed by atoms with Gasteiger partial charge in [0.25, 0.3) is 5.69 Å². The fourth-order valence-corrected chi connectivity index (χ4v) is 4.05. The van der Waals surface area contributed by atoms with Crippen molar-refractivity contribution in [1.29, 1.82) is 0 Å². The van der Waals surface area contributed by atoms with Crippen LogP contribution in [0.25, 0.3) is 0 Å². The van der Waals surface area contributed by atoms with Gasteiger partial charge >= 0.3 is 11.9 Å². The number of rotatable bonds is 9. The van der Waals surface area contributed by atoms with E-state index in [0.29, 0.717) is 30.0 Å². The molecule has 10 heteroatoms. The quantitative estimate of drug-likeness (QED) is 0.300. The third-order valence-electron chi connectivity index (χ3n) is 5.63. The number of carboxylic acid groups (broad SMARTS) is 1. The maximum absolute atomic E-state index is 13.1. The van der Waals surface area contributed by atoms with Crippen molar-refractivity contribution in [2.75, 3.05) is 20.2 Å². The number of allylic oxidation sites excluding steroid dienone is 2.